The van der Waals surface area contributed by atoms with Crippen LogP contribution in [0.25, 0.3) is 0 Å². The molecular weight excluding hydrogens is 308 g/mol. The number of carboxylic acid groups (broad SMARTS) is 1. The molecule has 0 spiro atoms. The normalized spacial score (nSPS) is 20.8. The van der Waals surface area contributed by atoms with Gasteiger partial charge in [-0.2, -0.15) is 0 Å². The van der Waals surface area contributed by atoms with Crippen molar-refractivity contribution in [1.29, 1.82) is 0 Å². The van der Waals surface area contributed by atoms with Crippen LogP contribution >= 0.6 is 0 Å². The molecule has 0 radical (unpaired) electrons. The van der Waals surface area contributed by atoms with Crippen LogP contribution in [0.5, 0.6) is 0 Å². The SMILES string of the molecule is COCCCC1(C(=O)O)CCCN(C(=O)CCc2cccnc2)C1. The van der Waals surface area contributed by atoms with Crippen molar-refractivity contribution < 1.29 is 19.4 Å². The van der Waals surface area contributed by atoms with Crippen LogP contribution in [0.3, 0.4) is 0 Å². The first-order chi connectivity index (χ1) is 11.6. The number of aryl methyl sites for hydroxylation is 1. The van der Waals surface area contributed by atoms with E-state index in [0.717, 1.165) is 12.0 Å². The highest BCUT2D eigenvalue weighted by atomic mass is 16.5. The number of piperidine rings is 1. The molecule has 1 atom stereocenters. The lowest BCUT2D eigenvalue weighted by molar-refractivity contribution is -0.155. The van der Waals surface area contributed by atoms with Crippen LogP contribution < -0.4 is 0 Å². The van der Waals surface area contributed by atoms with Crippen LogP contribution in [0.1, 0.15) is 37.7 Å². The summed E-state index contributed by atoms with van der Waals surface area (Å²) in [6, 6.07) is 3.80. The summed E-state index contributed by atoms with van der Waals surface area (Å²) in [5.41, 5.74) is 0.188. The Morgan fingerprint density at radius 2 is 2.29 bits per heavy atom. The number of hydrogen-bond donors (Lipinski definition) is 1. The van der Waals surface area contributed by atoms with Crippen molar-refractivity contribution in [1.82, 2.24) is 9.88 Å². The van der Waals surface area contributed by atoms with Crippen molar-refractivity contribution in [2.24, 2.45) is 5.41 Å². The molecule has 6 nitrogen and oxygen atoms in total. The van der Waals surface area contributed by atoms with Gasteiger partial charge in [0.05, 0.1) is 5.41 Å². The summed E-state index contributed by atoms with van der Waals surface area (Å²) in [7, 11) is 1.61. The average Bonchev–Trinajstić information content (AvgIpc) is 2.61. The Bertz CT molecular complexity index is 549. The summed E-state index contributed by atoms with van der Waals surface area (Å²) in [6.07, 6.45) is 7.08. The third kappa shape index (κ3) is 4.77. The van der Waals surface area contributed by atoms with Gasteiger partial charge in [0.15, 0.2) is 0 Å². The lowest BCUT2D eigenvalue weighted by Gasteiger charge is -2.40. The number of carbonyl (C=O) groups is 2. The molecule has 2 heterocycles. The minimum atomic E-state index is -0.833. The van der Waals surface area contributed by atoms with Gasteiger partial charge in [-0.1, -0.05) is 6.07 Å². The minimum absolute atomic E-state index is 0.0240. The van der Waals surface area contributed by atoms with E-state index in [4.69, 9.17) is 4.74 Å². The van der Waals surface area contributed by atoms with E-state index in [1.54, 1.807) is 24.4 Å². The standard InChI is InChI=1S/C18H26N2O4/c1-24-12-4-9-18(17(22)23)8-3-11-20(14-18)16(21)7-6-15-5-2-10-19-13-15/h2,5,10,13H,3-4,6-9,11-12,14H2,1H3,(H,22,23). The quantitative estimate of drug-likeness (QED) is 0.737. The number of pyridine rings is 1. The highest BCUT2D eigenvalue weighted by Gasteiger charge is 2.42. The Balaban J connectivity index is 1.94. The summed E-state index contributed by atoms with van der Waals surface area (Å²) in [4.78, 5) is 30.1. The van der Waals surface area contributed by atoms with E-state index in [1.165, 1.54) is 0 Å². The van der Waals surface area contributed by atoms with Crippen molar-refractivity contribution in [2.45, 2.75) is 38.5 Å². The van der Waals surface area contributed by atoms with Gasteiger partial charge in [0.1, 0.15) is 0 Å². The number of hydrogen-bond acceptors (Lipinski definition) is 4. The molecule has 0 saturated carbocycles. The summed E-state index contributed by atoms with van der Waals surface area (Å²) < 4.78 is 5.04. The van der Waals surface area contributed by atoms with Crippen molar-refractivity contribution in [3.05, 3.63) is 30.1 Å². The molecule has 1 aliphatic heterocycles. The molecule has 1 aromatic heterocycles. The van der Waals surface area contributed by atoms with Crippen LogP contribution in [-0.2, 0) is 20.7 Å². The fourth-order valence-electron chi connectivity index (χ4n) is 3.34. The smallest absolute Gasteiger partial charge is 0.311 e. The molecule has 6 heteroatoms. The van der Waals surface area contributed by atoms with Gasteiger partial charge in [0, 0.05) is 45.6 Å². The monoisotopic (exact) mass is 334 g/mol. The Labute approximate surface area is 142 Å². The second-order valence-corrected chi connectivity index (χ2v) is 6.46. The average molecular weight is 334 g/mol. The second-order valence-electron chi connectivity index (χ2n) is 6.46. The topological polar surface area (TPSA) is 79.7 Å². The number of amides is 1. The van der Waals surface area contributed by atoms with Crippen LogP contribution in [0, 0.1) is 5.41 Å². The van der Waals surface area contributed by atoms with Crippen LogP contribution in [-0.4, -0.2) is 53.7 Å². The van der Waals surface area contributed by atoms with Crippen molar-refractivity contribution in [2.75, 3.05) is 26.8 Å². The van der Waals surface area contributed by atoms with Gasteiger partial charge in [-0.15, -0.1) is 0 Å². The number of aromatic nitrogens is 1. The Morgan fingerprint density at radius 3 is 2.96 bits per heavy atom. The van der Waals surface area contributed by atoms with E-state index in [2.05, 4.69) is 4.98 Å². The maximum absolute atomic E-state index is 12.5. The maximum Gasteiger partial charge on any atom is 0.311 e. The molecule has 0 aromatic carbocycles. The van der Waals surface area contributed by atoms with Gasteiger partial charge < -0.3 is 14.7 Å². The fourth-order valence-corrected chi connectivity index (χ4v) is 3.34. The Hall–Kier alpha value is -1.95. The molecule has 1 fully saturated rings. The largest absolute Gasteiger partial charge is 0.481 e. The molecule has 1 unspecified atom stereocenters. The number of rotatable bonds is 8. The molecule has 1 aliphatic rings. The van der Waals surface area contributed by atoms with Crippen LogP contribution in [0.4, 0.5) is 0 Å². The molecule has 0 aliphatic carbocycles. The summed E-state index contributed by atoms with van der Waals surface area (Å²) >= 11 is 0. The van der Waals surface area contributed by atoms with Gasteiger partial charge in [-0.25, -0.2) is 0 Å². The molecule has 1 saturated heterocycles. The van der Waals surface area contributed by atoms with Gasteiger partial charge >= 0.3 is 5.97 Å². The van der Waals surface area contributed by atoms with E-state index < -0.39 is 11.4 Å². The number of carboxylic acids is 1. The lowest BCUT2D eigenvalue weighted by atomic mass is 9.76. The number of ether oxygens (including phenoxy) is 1. The summed E-state index contributed by atoms with van der Waals surface area (Å²) in [5.74, 6) is -0.778. The molecule has 24 heavy (non-hydrogen) atoms. The predicted molar refractivity (Wildman–Crippen MR) is 89.6 cm³/mol. The second kappa shape index (κ2) is 8.78. The first kappa shape index (κ1) is 18.4. The number of carbonyl (C=O) groups excluding carboxylic acids is 1. The third-order valence-electron chi connectivity index (χ3n) is 4.74. The summed E-state index contributed by atoms with van der Waals surface area (Å²) in [6.45, 7) is 1.49. The molecule has 0 bridgehead atoms. The van der Waals surface area contributed by atoms with Gasteiger partial charge in [0.2, 0.25) is 5.91 Å². The van der Waals surface area contributed by atoms with E-state index in [-0.39, 0.29) is 5.91 Å². The first-order valence-corrected chi connectivity index (χ1v) is 8.46. The number of aliphatic carboxylic acids is 1. The zero-order valence-corrected chi connectivity index (χ0v) is 14.2. The van der Waals surface area contributed by atoms with Crippen LogP contribution in [0.15, 0.2) is 24.5 Å². The van der Waals surface area contributed by atoms with Gasteiger partial charge in [-0.3, -0.25) is 14.6 Å². The zero-order valence-electron chi connectivity index (χ0n) is 14.2. The molecule has 132 valence electrons. The minimum Gasteiger partial charge on any atom is -0.481 e. The van der Waals surface area contributed by atoms with E-state index in [0.29, 0.717) is 51.8 Å². The third-order valence-corrected chi connectivity index (χ3v) is 4.74. The van der Waals surface area contributed by atoms with Gasteiger partial charge in [-0.05, 0) is 43.7 Å². The zero-order chi connectivity index (χ0) is 17.4. The van der Waals surface area contributed by atoms with E-state index in [9.17, 15) is 14.7 Å². The van der Waals surface area contributed by atoms with Crippen molar-refractivity contribution in [3.8, 4) is 0 Å². The number of nitrogens with zero attached hydrogens (tertiary/aromatic N) is 2. The van der Waals surface area contributed by atoms with Gasteiger partial charge in [0.25, 0.3) is 0 Å². The number of likely N-dealkylation sites (tertiary alicyclic amines) is 1. The molecule has 1 N–H and O–H groups in total. The molecule has 1 amide bonds. The first-order valence-electron chi connectivity index (χ1n) is 8.46. The molecule has 2 rings (SSSR count). The fraction of sp³-hybridized carbons (Fsp3) is 0.611. The van der Waals surface area contributed by atoms with Crippen molar-refractivity contribution in [3.63, 3.8) is 0 Å². The summed E-state index contributed by atoms with van der Waals surface area (Å²) in [5, 5.41) is 9.71. The van der Waals surface area contributed by atoms with Crippen LogP contribution in [0.2, 0.25) is 0 Å². The van der Waals surface area contributed by atoms with E-state index >= 15 is 0 Å². The highest BCUT2D eigenvalue weighted by Crippen LogP contribution is 2.35. The predicted octanol–water partition coefficient (Wildman–Crippen LogP) is 2.13. The Morgan fingerprint density at radius 1 is 1.46 bits per heavy atom. The highest BCUT2D eigenvalue weighted by molar-refractivity contribution is 5.80. The molecule has 1 aromatic rings. The molecular formula is C18H26N2O4. The van der Waals surface area contributed by atoms with E-state index in [1.807, 2.05) is 12.1 Å². The lowest BCUT2D eigenvalue weighted by Crippen LogP contribution is -2.50. The van der Waals surface area contributed by atoms with Crippen molar-refractivity contribution >= 4 is 11.9 Å². The number of methoxy groups -OCH3 is 1. The maximum atomic E-state index is 12.5. The Kier molecular flexibility index (Phi) is 6.73.